The van der Waals surface area contributed by atoms with Crippen molar-refractivity contribution in [3.8, 4) is 11.1 Å². The van der Waals surface area contributed by atoms with Crippen LogP contribution in [0, 0.1) is 6.92 Å². The molecule has 0 atom stereocenters. The summed E-state index contributed by atoms with van der Waals surface area (Å²) in [6.07, 6.45) is 2.91. The van der Waals surface area contributed by atoms with E-state index in [0.717, 1.165) is 62.1 Å². The number of aryl methyl sites for hydroxylation is 1. The predicted octanol–water partition coefficient (Wildman–Crippen LogP) is 6.24. The molecular formula is C30H34ClN3O. The fraction of sp³-hybridized carbons (Fsp3) is 0.300. The number of nitrogens with zero attached hydrogens (tertiary/aromatic N) is 1. The molecule has 0 bridgehead atoms. The van der Waals surface area contributed by atoms with Crippen molar-refractivity contribution in [2.45, 2.75) is 33.1 Å². The van der Waals surface area contributed by atoms with Crippen molar-refractivity contribution in [3.05, 3.63) is 77.4 Å². The monoisotopic (exact) mass is 487 g/mol. The number of carbonyl (C=O) groups is 1. The van der Waals surface area contributed by atoms with Gasteiger partial charge in [0.05, 0.1) is 11.3 Å². The van der Waals surface area contributed by atoms with Crippen molar-refractivity contribution in [1.82, 2.24) is 5.32 Å². The third-order valence-electron chi connectivity index (χ3n) is 7.13. The Balaban J connectivity index is 0.00000289. The number of hydrogen-bond donors (Lipinski definition) is 2. The maximum absolute atomic E-state index is 13.2. The zero-order valence-electron chi connectivity index (χ0n) is 20.6. The van der Waals surface area contributed by atoms with Crippen LogP contribution in [0.15, 0.2) is 60.7 Å². The highest BCUT2D eigenvalue weighted by atomic mass is 35.5. The van der Waals surface area contributed by atoms with Gasteiger partial charge in [-0.3, -0.25) is 4.79 Å². The molecule has 1 aliphatic rings. The van der Waals surface area contributed by atoms with Crippen molar-refractivity contribution in [2.24, 2.45) is 5.73 Å². The van der Waals surface area contributed by atoms with Crippen molar-refractivity contribution < 1.29 is 4.79 Å². The van der Waals surface area contributed by atoms with Gasteiger partial charge in [0, 0.05) is 31.6 Å². The van der Waals surface area contributed by atoms with E-state index in [1.54, 1.807) is 0 Å². The lowest BCUT2D eigenvalue weighted by Crippen LogP contribution is -2.44. The second-order valence-corrected chi connectivity index (χ2v) is 9.34. The summed E-state index contributed by atoms with van der Waals surface area (Å²) >= 11 is 0. The fourth-order valence-corrected chi connectivity index (χ4v) is 5.46. The second-order valence-electron chi connectivity index (χ2n) is 9.34. The average Bonchev–Trinajstić information content (AvgIpc) is 2.86. The van der Waals surface area contributed by atoms with Crippen LogP contribution in [0.25, 0.3) is 32.7 Å². The Morgan fingerprint density at radius 1 is 0.971 bits per heavy atom. The summed E-state index contributed by atoms with van der Waals surface area (Å²) in [4.78, 5) is 15.6. The van der Waals surface area contributed by atoms with Crippen LogP contribution in [-0.2, 0) is 6.42 Å². The molecule has 3 N–H and O–H groups in total. The summed E-state index contributed by atoms with van der Waals surface area (Å²) < 4.78 is 0. The molecule has 182 valence electrons. The van der Waals surface area contributed by atoms with E-state index in [0.29, 0.717) is 5.56 Å². The van der Waals surface area contributed by atoms with Crippen molar-refractivity contribution in [1.29, 1.82) is 0 Å². The summed E-state index contributed by atoms with van der Waals surface area (Å²) in [6, 6.07) is 21.6. The van der Waals surface area contributed by atoms with Gasteiger partial charge in [-0.1, -0.05) is 61.9 Å². The zero-order chi connectivity index (χ0) is 23.7. The molecule has 4 aromatic carbocycles. The van der Waals surface area contributed by atoms with E-state index in [4.69, 9.17) is 5.73 Å². The minimum atomic E-state index is -0.329. The average molecular weight is 488 g/mol. The number of amides is 1. The topological polar surface area (TPSA) is 58.4 Å². The Bertz CT molecular complexity index is 1380. The van der Waals surface area contributed by atoms with Gasteiger partial charge in [0.2, 0.25) is 0 Å². The summed E-state index contributed by atoms with van der Waals surface area (Å²) in [5, 5.41) is 8.16. The van der Waals surface area contributed by atoms with Crippen molar-refractivity contribution in [2.75, 3.05) is 31.1 Å². The van der Waals surface area contributed by atoms with Gasteiger partial charge in [-0.05, 0) is 70.3 Å². The fourth-order valence-electron chi connectivity index (χ4n) is 5.46. The molecule has 0 radical (unpaired) electrons. The second kappa shape index (κ2) is 10.7. The van der Waals surface area contributed by atoms with E-state index in [1.165, 1.54) is 32.8 Å². The third-order valence-corrected chi connectivity index (χ3v) is 7.13. The first-order chi connectivity index (χ1) is 16.6. The van der Waals surface area contributed by atoms with Crippen LogP contribution >= 0.6 is 12.4 Å². The highest BCUT2D eigenvalue weighted by molar-refractivity contribution is 6.18. The van der Waals surface area contributed by atoms with Crippen molar-refractivity contribution >= 4 is 45.5 Å². The highest BCUT2D eigenvalue weighted by Gasteiger charge is 2.27. The van der Waals surface area contributed by atoms with Crippen LogP contribution < -0.4 is 16.0 Å². The lowest BCUT2D eigenvalue weighted by Gasteiger charge is -2.34. The molecule has 0 saturated carbocycles. The standard InChI is InChI=1S/C30H33N3O.ClH/c1-3-4-12-24-27(23-13-8-5-9-20(23)2)25-18-21-10-6-7-11-22(21)19-26(25)29(28(24)30(31)34)33-16-14-32-15-17-33;/h5-11,13,18-19,32H,3-4,12,14-17H2,1-2H3,(H2,31,34);1H. The molecule has 35 heavy (non-hydrogen) atoms. The van der Waals surface area contributed by atoms with E-state index >= 15 is 0 Å². The first-order valence-electron chi connectivity index (χ1n) is 12.4. The van der Waals surface area contributed by atoms with Gasteiger partial charge in [-0.2, -0.15) is 0 Å². The number of carbonyl (C=O) groups excluding carboxylic acids is 1. The summed E-state index contributed by atoms with van der Waals surface area (Å²) in [6.45, 7) is 7.87. The molecule has 1 amide bonds. The molecule has 0 aliphatic carbocycles. The van der Waals surface area contributed by atoms with E-state index in [9.17, 15) is 4.79 Å². The van der Waals surface area contributed by atoms with Crippen LogP contribution in [0.5, 0.6) is 0 Å². The molecule has 5 heteroatoms. The molecular weight excluding hydrogens is 454 g/mol. The molecule has 1 fully saturated rings. The number of primary amides is 1. The Hall–Kier alpha value is -3.08. The normalized spacial score (nSPS) is 13.7. The Labute approximate surface area is 213 Å². The van der Waals surface area contributed by atoms with Gasteiger partial charge in [-0.15, -0.1) is 12.4 Å². The minimum Gasteiger partial charge on any atom is -0.368 e. The number of unbranched alkanes of at least 4 members (excludes halogenated alkanes) is 1. The summed E-state index contributed by atoms with van der Waals surface area (Å²) in [7, 11) is 0. The number of rotatable bonds is 6. The predicted molar refractivity (Wildman–Crippen MR) is 151 cm³/mol. The lowest BCUT2D eigenvalue weighted by molar-refractivity contribution is 0.1000. The van der Waals surface area contributed by atoms with Crippen LogP contribution in [0.3, 0.4) is 0 Å². The van der Waals surface area contributed by atoms with Crippen LogP contribution in [-0.4, -0.2) is 32.1 Å². The molecule has 1 heterocycles. The quantitative estimate of drug-likeness (QED) is 0.316. The lowest BCUT2D eigenvalue weighted by atomic mass is 9.83. The van der Waals surface area contributed by atoms with Crippen molar-refractivity contribution in [3.63, 3.8) is 0 Å². The molecule has 4 aromatic rings. The Morgan fingerprint density at radius 3 is 2.23 bits per heavy atom. The number of nitrogens with one attached hydrogen (secondary N) is 1. The summed E-state index contributed by atoms with van der Waals surface area (Å²) in [5.74, 6) is -0.329. The molecule has 1 aliphatic heterocycles. The van der Waals surface area contributed by atoms with Gasteiger partial charge in [-0.25, -0.2) is 0 Å². The van der Waals surface area contributed by atoms with Crippen LogP contribution in [0.4, 0.5) is 5.69 Å². The third kappa shape index (κ3) is 4.61. The number of anilines is 1. The van der Waals surface area contributed by atoms with Gasteiger partial charge < -0.3 is 16.0 Å². The SMILES string of the molecule is CCCCc1c(C(N)=O)c(N2CCNCC2)c2cc3ccccc3cc2c1-c1ccccc1C.Cl. The molecule has 0 spiro atoms. The first-order valence-corrected chi connectivity index (χ1v) is 12.4. The smallest absolute Gasteiger partial charge is 0.251 e. The van der Waals surface area contributed by atoms with E-state index in [1.807, 2.05) is 0 Å². The maximum atomic E-state index is 13.2. The van der Waals surface area contributed by atoms with E-state index in [-0.39, 0.29) is 18.3 Å². The Kier molecular flexibility index (Phi) is 7.63. The van der Waals surface area contributed by atoms with Crippen LogP contribution in [0.1, 0.15) is 41.3 Å². The maximum Gasteiger partial charge on any atom is 0.251 e. The molecule has 5 rings (SSSR count). The highest BCUT2D eigenvalue weighted by Crippen LogP contribution is 2.44. The number of benzene rings is 4. The van der Waals surface area contributed by atoms with E-state index < -0.39 is 0 Å². The number of piperazine rings is 1. The number of nitrogens with two attached hydrogens (primary N) is 1. The van der Waals surface area contributed by atoms with Gasteiger partial charge in [0.15, 0.2) is 0 Å². The minimum absolute atomic E-state index is 0. The van der Waals surface area contributed by atoms with Crippen LogP contribution in [0.2, 0.25) is 0 Å². The molecule has 0 unspecified atom stereocenters. The van der Waals surface area contributed by atoms with Gasteiger partial charge >= 0.3 is 0 Å². The zero-order valence-corrected chi connectivity index (χ0v) is 21.4. The summed E-state index contributed by atoms with van der Waals surface area (Å²) in [5.41, 5.74) is 12.6. The molecule has 4 nitrogen and oxygen atoms in total. The largest absolute Gasteiger partial charge is 0.368 e. The number of halogens is 1. The number of hydrogen-bond acceptors (Lipinski definition) is 3. The van der Waals surface area contributed by atoms with Gasteiger partial charge in [0.1, 0.15) is 0 Å². The molecule has 0 aromatic heterocycles. The van der Waals surface area contributed by atoms with Gasteiger partial charge in [0.25, 0.3) is 5.91 Å². The van der Waals surface area contributed by atoms with E-state index in [2.05, 4.69) is 84.7 Å². The number of fused-ring (bicyclic) bond motifs is 2. The first kappa shape index (κ1) is 25.0. The Morgan fingerprint density at radius 2 is 1.60 bits per heavy atom. The molecule has 1 saturated heterocycles.